The van der Waals surface area contributed by atoms with E-state index in [0.29, 0.717) is 25.0 Å². The number of carbonyl (C=O) groups is 4. The molecule has 35 heavy (non-hydrogen) atoms. The van der Waals surface area contributed by atoms with E-state index >= 15 is 0 Å². The summed E-state index contributed by atoms with van der Waals surface area (Å²) in [5.74, 6) is -2.22. The van der Waals surface area contributed by atoms with E-state index in [1.54, 1.807) is 0 Å². The molecule has 0 aliphatic carbocycles. The maximum absolute atomic E-state index is 13.2. The van der Waals surface area contributed by atoms with E-state index in [9.17, 15) is 24.3 Å². The van der Waals surface area contributed by atoms with Gasteiger partial charge in [0, 0.05) is 6.54 Å². The van der Waals surface area contributed by atoms with Crippen LogP contribution in [0.2, 0.25) is 0 Å². The molecule has 1 rings (SSSR count). The van der Waals surface area contributed by atoms with Crippen LogP contribution in [0, 0.1) is 5.92 Å². The molecule has 0 aromatic carbocycles. The zero-order valence-corrected chi connectivity index (χ0v) is 21.7. The molecule has 0 radical (unpaired) electrons. The van der Waals surface area contributed by atoms with Crippen molar-refractivity contribution in [3.8, 4) is 0 Å². The molecule has 0 aromatic rings. The van der Waals surface area contributed by atoms with E-state index in [4.69, 9.17) is 11.5 Å². The fraction of sp³-hybridized carbons (Fsp3) is 0.773. The van der Waals surface area contributed by atoms with Crippen LogP contribution in [-0.4, -0.2) is 84.0 Å². The van der Waals surface area contributed by atoms with Crippen LogP contribution in [-0.2, 0) is 19.2 Å². The lowest BCUT2D eigenvalue weighted by Crippen LogP contribution is -2.58. The van der Waals surface area contributed by atoms with Gasteiger partial charge in [-0.05, 0) is 56.6 Å². The van der Waals surface area contributed by atoms with E-state index in [1.165, 1.54) is 11.8 Å². The lowest BCUT2D eigenvalue weighted by Gasteiger charge is -2.28. The van der Waals surface area contributed by atoms with Crippen molar-refractivity contribution < 1.29 is 24.3 Å². The number of carbonyl (C=O) groups excluding carboxylic acids is 3. The maximum Gasteiger partial charge on any atom is 0.326 e. The average molecular weight is 516 g/mol. The molecular formula is C22H41N7O5S. The Labute approximate surface area is 211 Å². The Morgan fingerprint density at radius 2 is 1.80 bits per heavy atom. The second kappa shape index (κ2) is 16.2. The first kappa shape index (κ1) is 30.5. The van der Waals surface area contributed by atoms with E-state index in [-0.39, 0.29) is 43.2 Å². The molecule has 0 spiro atoms. The summed E-state index contributed by atoms with van der Waals surface area (Å²) < 4.78 is 0. The third-order valence-corrected chi connectivity index (χ3v) is 6.62. The Balaban J connectivity index is 2.97. The number of carboxylic acids is 1. The fourth-order valence-corrected chi connectivity index (χ4v) is 4.13. The third-order valence-electron chi connectivity index (χ3n) is 5.97. The van der Waals surface area contributed by atoms with Gasteiger partial charge in [-0.15, -0.1) is 0 Å². The number of aliphatic imine (C=N–C) groups is 1. The number of hydrogen-bond acceptors (Lipinski definition) is 7. The van der Waals surface area contributed by atoms with Crippen molar-refractivity contribution in [3.63, 3.8) is 0 Å². The zero-order chi connectivity index (χ0) is 26.4. The van der Waals surface area contributed by atoms with Crippen LogP contribution < -0.4 is 32.7 Å². The number of aliphatic carboxylic acids is 1. The van der Waals surface area contributed by atoms with Crippen molar-refractivity contribution in [2.45, 2.75) is 76.5 Å². The summed E-state index contributed by atoms with van der Waals surface area (Å²) in [5, 5.41) is 20.7. The molecule has 3 amide bonds. The molecule has 12 nitrogen and oxygen atoms in total. The minimum Gasteiger partial charge on any atom is -0.480 e. The highest BCUT2D eigenvalue weighted by atomic mass is 32.2. The molecule has 0 saturated carbocycles. The number of hydrogen-bond donors (Lipinski definition) is 7. The fourth-order valence-electron chi connectivity index (χ4n) is 3.66. The maximum atomic E-state index is 13.2. The Kier molecular flexibility index (Phi) is 14.1. The Hall–Kier alpha value is -2.54. The van der Waals surface area contributed by atoms with Crippen molar-refractivity contribution in [3.05, 3.63) is 0 Å². The SMILES string of the molecule is CCC(C)C(NC(=O)C1CCCN1)C(=O)NC(CCCN=C(N)N)C(=O)NC(CCSC)C(=O)O. The van der Waals surface area contributed by atoms with E-state index in [2.05, 4.69) is 26.3 Å². The summed E-state index contributed by atoms with van der Waals surface area (Å²) >= 11 is 1.47. The lowest BCUT2D eigenvalue weighted by atomic mass is 9.97. The van der Waals surface area contributed by atoms with Gasteiger partial charge in [0.15, 0.2) is 5.96 Å². The van der Waals surface area contributed by atoms with Gasteiger partial charge in [-0.2, -0.15) is 11.8 Å². The van der Waals surface area contributed by atoms with Crippen LogP contribution in [0.1, 0.15) is 52.4 Å². The standard InChI is InChI=1S/C22H41N7O5S/c1-4-13(2)17(29-18(30)14-7-5-10-25-14)20(32)27-15(8-6-11-26-22(23)24)19(31)28-16(21(33)34)9-12-35-3/h13-17,25H,4-12H2,1-3H3,(H,27,32)(H,28,31)(H,29,30)(H,33,34)(H4,23,24,26). The third kappa shape index (κ3) is 11.2. The Bertz CT molecular complexity index is 742. The second-order valence-electron chi connectivity index (χ2n) is 8.71. The summed E-state index contributed by atoms with van der Waals surface area (Å²) in [6, 6.07) is -3.28. The molecule has 5 atom stereocenters. The first-order valence-electron chi connectivity index (χ1n) is 12.0. The Morgan fingerprint density at radius 3 is 2.34 bits per heavy atom. The molecule has 5 unspecified atom stereocenters. The van der Waals surface area contributed by atoms with E-state index in [1.807, 2.05) is 20.1 Å². The summed E-state index contributed by atoms with van der Waals surface area (Å²) in [4.78, 5) is 54.4. The number of nitrogens with zero attached hydrogens (tertiary/aromatic N) is 1. The molecule has 1 heterocycles. The van der Waals surface area contributed by atoms with Crippen LogP contribution in [0.3, 0.4) is 0 Å². The number of carboxylic acid groups (broad SMARTS) is 1. The number of nitrogens with two attached hydrogens (primary N) is 2. The van der Waals surface area contributed by atoms with Crippen LogP contribution in [0.15, 0.2) is 4.99 Å². The van der Waals surface area contributed by atoms with Gasteiger partial charge in [0.25, 0.3) is 0 Å². The van der Waals surface area contributed by atoms with Gasteiger partial charge in [-0.3, -0.25) is 19.4 Å². The molecule has 0 bridgehead atoms. The summed E-state index contributed by atoms with van der Waals surface area (Å²) in [5.41, 5.74) is 10.7. The predicted octanol–water partition coefficient (Wildman–Crippen LogP) is -0.870. The molecule has 13 heteroatoms. The monoisotopic (exact) mass is 515 g/mol. The normalized spacial score (nSPS) is 18.5. The van der Waals surface area contributed by atoms with Crippen molar-refractivity contribution in [1.82, 2.24) is 21.3 Å². The number of thioether (sulfide) groups is 1. The topological polar surface area (TPSA) is 201 Å². The molecule has 1 saturated heterocycles. The van der Waals surface area contributed by atoms with Crippen molar-refractivity contribution in [1.29, 1.82) is 0 Å². The van der Waals surface area contributed by atoms with Crippen molar-refractivity contribution in [2.24, 2.45) is 22.4 Å². The van der Waals surface area contributed by atoms with Crippen LogP contribution in [0.25, 0.3) is 0 Å². The summed E-state index contributed by atoms with van der Waals surface area (Å²) in [6.45, 7) is 4.75. The van der Waals surface area contributed by atoms with Gasteiger partial charge in [0.1, 0.15) is 18.1 Å². The molecular weight excluding hydrogens is 474 g/mol. The summed E-state index contributed by atoms with van der Waals surface area (Å²) in [6.07, 6.45) is 4.88. The number of nitrogens with one attached hydrogen (secondary N) is 4. The molecule has 9 N–H and O–H groups in total. The van der Waals surface area contributed by atoms with Crippen LogP contribution in [0.4, 0.5) is 0 Å². The van der Waals surface area contributed by atoms with E-state index < -0.39 is 35.9 Å². The number of amides is 3. The van der Waals surface area contributed by atoms with Gasteiger partial charge >= 0.3 is 5.97 Å². The first-order chi connectivity index (χ1) is 16.6. The predicted molar refractivity (Wildman–Crippen MR) is 137 cm³/mol. The van der Waals surface area contributed by atoms with E-state index in [0.717, 1.165) is 13.0 Å². The van der Waals surface area contributed by atoms with Crippen molar-refractivity contribution >= 4 is 41.4 Å². The molecule has 1 aliphatic rings. The highest BCUT2D eigenvalue weighted by Gasteiger charge is 2.33. The number of rotatable bonds is 16. The molecule has 0 aromatic heterocycles. The first-order valence-corrected chi connectivity index (χ1v) is 13.4. The zero-order valence-electron chi connectivity index (χ0n) is 20.8. The van der Waals surface area contributed by atoms with Crippen LogP contribution in [0.5, 0.6) is 0 Å². The van der Waals surface area contributed by atoms with Crippen LogP contribution >= 0.6 is 11.8 Å². The highest BCUT2D eigenvalue weighted by Crippen LogP contribution is 2.12. The largest absolute Gasteiger partial charge is 0.480 e. The molecule has 1 fully saturated rings. The van der Waals surface area contributed by atoms with Gasteiger partial charge in [-0.1, -0.05) is 20.3 Å². The van der Waals surface area contributed by atoms with Gasteiger partial charge in [0.2, 0.25) is 17.7 Å². The quantitative estimate of drug-likeness (QED) is 0.0775. The lowest BCUT2D eigenvalue weighted by molar-refractivity contribution is -0.142. The highest BCUT2D eigenvalue weighted by molar-refractivity contribution is 7.98. The molecule has 200 valence electrons. The number of guanidine groups is 1. The van der Waals surface area contributed by atoms with Gasteiger partial charge in [0.05, 0.1) is 6.04 Å². The smallest absolute Gasteiger partial charge is 0.326 e. The minimum absolute atomic E-state index is 0.0851. The summed E-state index contributed by atoms with van der Waals surface area (Å²) in [7, 11) is 0. The minimum atomic E-state index is -1.15. The molecule has 1 aliphatic heterocycles. The second-order valence-corrected chi connectivity index (χ2v) is 9.70. The van der Waals surface area contributed by atoms with Crippen molar-refractivity contribution in [2.75, 3.05) is 25.1 Å². The average Bonchev–Trinajstić information content (AvgIpc) is 3.36. The van der Waals surface area contributed by atoms with Gasteiger partial charge in [-0.25, -0.2) is 4.79 Å². The van der Waals surface area contributed by atoms with Gasteiger partial charge < -0.3 is 37.8 Å². The Morgan fingerprint density at radius 1 is 1.11 bits per heavy atom.